The summed E-state index contributed by atoms with van der Waals surface area (Å²) in [6, 6.07) is 6.13. The predicted octanol–water partition coefficient (Wildman–Crippen LogP) is 1.76. The summed E-state index contributed by atoms with van der Waals surface area (Å²) in [4.78, 5) is 10.9. The summed E-state index contributed by atoms with van der Waals surface area (Å²) in [7, 11) is -3.19. The number of carbonyl (C=O) groups is 1. The van der Waals surface area contributed by atoms with Gasteiger partial charge in [0.2, 0.25) is 0 Å². The van der Waals surface area contributed by atoms with Gasteiger partial charge in [-0.1, -0.05) is 6.92 Å². The van der Waals surface area contributed by atoms with Crippen molar-refractivity contribution < 1.29 is 18.3 Å². The van der Waals surface area contributed by atoms with Crippen molar-refractivity contribution in [2.24, 2.45) is 0 Å². The largest absolute Gasteiger partial charge is 0.481 e. The molecule has 0 heterocycles. The molecule has 0 fully saturated rings. The molecule has 18 heavy (non-hydrogen) atoms. The molecule has 0 aliphatic heterocycles. The van der Waals surface area contributed by atoms with E-state index in [1.807, 2.05) is 6.92 Å². The van der Waals surface area contributed by atoms with Crippen LogP contribution in [0.3, 0.4) is 0 Å². The standard InChI is InChI=1S/C12H17NO4S/c1-3-9(8-12(14)15)13-10-4-6-11(7-5-10)18(2,16)17/h4-7,9,13H,3,8H2,1-2H3,(H,14,15). The number of hydrogen-bond donors (Lipinski definition) is 2. The van der Waals surface area contributed by atoms with Crippen LogP contribution in [0, 0.1) is 0 Å². The van der Waals surface area contributed by atoms with Crippen LogP contribution in [0.15, 0.2) is 29.2 Å². The predicted molar refractivity (Wildman–Crippen MR) is 69.5 cm³/mol. The monoisotopic (exact) mass is 271 g/mol. The molecule has 1 unspecified atom stereocenters. The summed E-state index contributed by atoms with van der Waals surface area (Å²) < 4.78 is 22.5. The molecule has 2 N–H and O–H groups in total. The number of carboxylic acids is 1. The van der Waals surface area contributed by atoms with Gasteiger partial charge >= 0.3 is 5.97 Å². The first kappa shape index (κ1) is 14.5. The lowest BCUT2D eigenvalue weighted by molar-refractivity contribution is -0.137. The molecule has 1 aromatic carbocycles. The lowest BCUT2D eigenvalue weighted by Gasteiger charge is -2.16. The summed E-state index contributed by atoms with van der Waals surface area (Å²) >= 11 is 0. The number of carboxylic acid groups (broad SMARTS) is 1. The molecule has 0 aromatic heterocycles. The van der Waals surface area contributed by atoms with Crippen LogP contribution in [-0.2, 0) is 14.6 Å². The maximum absolute atomic E-state index is 11.3. The molecule has 0 aliphatic rings. The van der Waals surface area contributed by atoms with Gasteiger partial charge < -0.3 is 10.4 Å². The van der Waals surface area contributed by atoms with Crippen LogP contribution in [0.5, 0.6) is 0 Å². The van der Waals surface area contributed by atoms with Crippen molar-refractivity contribution in [1.82, 2.24) is 0 Å². The van der Waals surface area contributed by atoms with Gasteiger partial charge in [0, 0.05) is 18.0 Å². The number of nitrogens with one attached hydrogen (secondary N) is 1. The van der Waals surface area contributed by atoms with E-state index in [9.17, 15) is 13.2 Å². The molecule has 100 valence electrons. The summed E-state index contributed by atoms with van der Waals surface area (Å²) in [5.74, 6) is -0.859. The van der Waals surface area contributed by atoms with E-state index in [1.165, 1.54) is 12.1 Å². The van der Waals surface area contributed by atoms with Crippen LogP contribution >= 0.6 is 0 Å². The molecule has 0 spiro atoms. The Morgan fingerprint density at radius 1 is 1.33 bits per heavy atom. The van der Waals surface area contributed by atoms with Crippen LogP contribution < -0.4 is 5.32 Å². The van der Waals surface area contributed by atoms with Crippen molar-refractivity contribution >= 4 is 21.5 Å². The van der Waals surface area contributed by atoms with Gasteiger partial charge in [0.1, 0.15) is 0 Å². The first-order valence-electron chi connectivity index (χ1n) is 5.61. The van der Waals surface area contributed by atoms with Crippen molar-refractivity contribution in [1.29, 1.82) is 0 Å². The second-order valence-corrected chi connectivity index (χ2v) is 6.16. The molecule has 1 aromatic rings. The molecular weight excluding hydrogens is 254 g/mol. The van der Waals surface area contributed by atoms with E-state index in [0.717, 1.165) is 11.9 Å². The number of benzene rings is 1. The molecule has 6 heteroatoms. The number of hydrogen-bond acceptors (Lipinski definition) is 4. The fraction of sp³-hybridized carbons (Fsp3) is 0.417. The highest BCUT2D eigenvalue weighted by molar-refractivity contribution is 7.90. The number of anilines is 1. The maximum atomic E-state index is 11.3. The van der Waals surface area contributed by atoms with E-state index in [-0.39, 0.29) is 17.4 Å². The van der Waals surface area contributed by atoms with Crippen LogP contribution in [0.25, 0.3) is 0 Å². The van der Waals surface area contributed by atoms with Crippen LogP contribution in [-0.4, -0.2) is 31.8 Å². The Labute approximate surface area is 107 Å². The Bertz CT molecular complexity index is 507. The number of sulfone groups is 1. The zero-order valence-corrected chi connectivity index (χ0v) is 11.2. The average Bonchev–Trinajstić information content (AvgIpc) is 2.27. The van der Waals surface area contributed by atoms with Gasteiger partial charge in [-0.2, -0.15) is 0 Å². The van der Waals surface area contributed by atoms with Gasteiger partial charge in [-0.05, 0) is 30.7 Å². The SMILES string of the molecule is CCC(CC(=O)O)Nc1ccc(S(C)(=O)=O)cc1. The molecule has 0 radical (unpaired) electrons. The Hall–Kier alpha value is -1.56. The van der Waals surface area contributed by atoms with Gasteiger partial charge in [-0.3, -0.25) is 4.79 Å². The summed E-state index contributed by atoms with van der Waals surface area (Å²) in [5.41, 5.74) is 0.718. The van der Waals surface area contributed by atoms with E-state index in [0.29, 0.717) is 6.42 Å². The van der Waals surface area contributed by atoms with Crippen LogP contribution in [0.2, 0.25) is 0 Å². The Kier molecular flexibility index (Phi) is 4.72. The Balaban J connectivity index is 2.77. The maximum Gasteiger partial charge on any atom is 0.305 e. The fourth-order valence-corrected chi connectivity index (χ4v) is 2.17. The molecular formula is C12H17NO4S. The van der Waals surface area contributed by atoms with Gasteiger partial charge in [-0.15, -0.1) is 0 Å². The van der Waals surface area contributed by atoms with Crippen molar-refractivity contribution in [2.75, 3.05) is 11.6 Å². The van der Waals surface area contributed by atoms with E-state index >= 15 is 0 Å². The van der Waals surface area contributed by atoms with Crippen molar-refractivity contribution in [3.63, 3.8) is 0 Å². The van der Waals surface area contributed by atoms with Gasteiger partial charge in [-0.25, -0.2) is 8.42 Å². The minimum absolute atomic E-state index is 0.0321. The van der Waals surface area contributed by atoms with Gasteiger partial charge in [0.05, 0.1) is 11.3 Å². The first-order chi connectivity index (χ1) is 8.32. The third kappa shape index (κ3) is 4.37. The number of rotatable bonds is 6. The average molecular weight is 271 g/mol. The van der Waals surface area contributed by atoms with E-state index in [4.69, 9.17) is 5.11 Å². The van der Waals surface area contributed by atoms with Crippen molar-refractivity contribution in [3.8, 4) is 0 Å². The highest BCUT2D eigenvalue weighted by atomic mass is 32.2. The van der Waals surface area contributed by atoms with Crippen molar-refractivity contribution in [2.45, 2.75) is 30.7 Å². The second-order valence-electron chi connectivity index (χ2n) is 4.14. The van der Waals surface area contributed by atoms with Crippen molar-refractivity contribution in [3.05, 3.63) is 24.3 Å². The van der Waals surface area contributed by atoms with E-state index < -0.39 is 15.8 Å². The zero-order valence-electron chi connectivity index (χ0n) is 10.4. The molecule has 1 rings (SSSR count). The van der Waals surface area contributed by atoms with E-state index in [1.54, 1.807) is 12.1 Å². The van der Waals surface area contributed by atoms with E-state index in [2.05, 4.69) is 5.32 Å². The smallest absolute Gasteiger partial charge is 0.305 e. The molecule has 5 nitrogen and oxygen atoms in total. The molecule has 0 bridgehead atoms. The lowest BCUT2D eigenvalue weighted by Crippen LogP contribution is -2.22. The zero-order chi connectivity index (χ0) is 13.8. The quantitative estimate of drug-likeness (QED) is 0.823. The fourth-order valence-electron chi connectivity index (χ4n) is 1.54. The topological polar surface area (TPSA) is 83.5 Å². The van der Waals surface area contributed by atoms with Crippen LogP contribution in [0.1, 0.15) is 19.8 Å². The molecule has 0 saturated carbocycles. The van der Waals surface area contributed by atoms with Gasteiger partial charge in [0.25, 0.3) is 0 Å². The lowest BCUT2D eigenvalue weighted by atomic mass is 10.1. The van der Waals surface area contributed by atoms with Crippen LogP contribution in [0.4, 0.5) is 5.69 Å². The molecule has 0 amide bonds. The first-order valence-corrected chi connectivity index (χ1v) is 7.50. The third-order valence-electron chi connectivity index (χ3n) is 2.57. The van der Waals surface area contributed by atoms with Gasteiger partial charge in [0.15, 0.2) is 9.84 Å². The highest BCUT2D eigenvalue weighted by Gasteiger charge is 2.11. The summed E-state index contributed by atoms with van der Waals surface area (Å²) in [6.45, 7) is 1.89. The normalized spacial score (nSPS) is 13.0. The summed E-state index contributed by atoms with van der Waals surface area (Å²) in [5, 5.41) is 11.8. The Morgan fingerprint density at radius 2 is 1.89 bits per heavy atom. The third-order valence-corrected chi connectivity index (χ3v) is 3.70. The second kappa shape index (κ2) is 5.86. The summed E-state index contributed by atoms with van der Waals surface area (Å²) in [6.07, 6.45) is 1.86. The highest BCUT2D eigenvalue weighted by Crippen LogP contribution is 2.16. The Morgan fingerprint density at radius 3 is 2.28 bits per heavy atom. The number of aliphatic carboxylic acids is 1. The molecule has 0 saturated heterocycles. The minimum atomic E-state index is -3.19. The minimum Gasteiger partial charge on any atom is -0.481 e. The molecule has 0 aliphatic carbocycles. The molecule has 1 atom stereocenters.